The Hall–Kier alpha value is -1.96. The van der Waals surface area contributed by atoms with E-state index in [0.717, 1.165) is 25.2 Å². The van der Waals surface area contributed by atoms with Crippen molar-refractivity contribution >= 4 is 11.4 Å². The quantitative estimate of drug-likeness (QED) is 0.829. The minimum atomic E-state index is 0.903. The van der Waals surface area contributed by atoms with Gasteiger partial charge in [-0.15, -0.1) is 0 Å². The zero-order chi connectivity index (χ0) is 13.4. The van der Waals surface area contributed by atoms with Gasteiger partial charge in [0.25, 0.3) is 0 Å². The minimum Gasteiger partial charge on any atom is -0.397 e. The number of nitrogens with two attached hydrogens (primary N) is 1. The monoisotopic (exact) mass is 252 g/mol. The van der Waals surface area contributed by atoms with Crippen molar-refractivity contribution in [1.29, 1.82) is 0 Å². The van der Waals surface area contributed by atoms with Crippen LogP contribution in [0.4, 0.5) is 11.4 Å². The molecule has 0 bridgehead atoms. The van der Waals surface area contributed by atoms with Crippen molar-refractivity contribution in [3.8, 4) is 0 Å². The first-order valence-corrected chi connectivity index (χ1v) is 6.83. The van der Waals surface area contributed by atoms with Gasteiger partial charge in [0.05, 0.1) is 11.4 Å². The molecule has 3 rings (SSSR count). The van der Waals surface area contributed by atoms with E-state index in [1.54, 1.807) is 0 Å². The average Bonchev–Trinajstić information content (AvgIpc) is 2.77. The molecule has 1 aliphatic rings. The number of hydrogen-bond acceptors (Lipinski definition) is 2. The number of fused-ring (bicyclic) bond motifs is 1. The van der Waals surface area contributed by atoms with Gasteiger partial charge in [-0.1, -0.05) is 35.9 Å². The summed E-state index contributed by atoms with van der Waals surface area (Å²) in [6.07, 6.45) is 1.10. The molecule has 98 valence electrons. The van der Waals surface area contributed by atoms with E-state index in [-0.39, 0.29) is 0 Å². The highest BCUT2D eigenvalue weighted by atomic mass is 15.2. The fourth-order valence-electron chi connectivity index (χ4n) is 2.95. The second kappa shape index (κ2) is 4.61. The van der Waals surface area contributed by atoms with E-state index < -0.39 is 0 Å². The Labute approximate surface area is 114 Å². The Morgan fingerprint density at radius 2 is 2.00 bits per heavy atom. The summed E-state index contributed by atoms with van der Waals surface area (Å²) in [6.45, 7) is 6.35. The molecule has 0 aromatic heterocycles. The summed E-state index contributed by atoms with van der Waals surface area (Å²) < 4.78 is 0. The molecule has 1 heterocycles. The number of benzene rings is 2. The van der Waals surface area contributed by atoms with Crippen LogP contribution in [-0.2, 0) is 13.0 Å². The summed E-state index contributed by atoms with van der Waals surface area (Å²) in [6, 6.07) is 12.9. The van der Waals surface area contributed by atoms with Crippen LogP contribution in [0.2, 0.25) is 0 Å². The standard InChI is InChI=1S/C17H20N2/c1-12-6-7-15(13(2)10-12)11-19-9-8-14-4-3-5-16(18)17(14)19/h3-7,10H,8-9,11,18H2,1-2H3. The Morgan fingerprint density at radius 1 is 1.16 bits per heavy atom. The highest BCUT2D eigenvalue weighted by molar-refractivity contribution is 5.74. The molecule has 0 amide bonds. The number of aryl methyl sites for hydroxylation is 2. The van der Waals surface area contributed by atoms with Crippen LogP contribution in [0, 0.1) is 13.8 Å². The van der Waals surface area contributed by atoms with Crippen LogP contribution in [0.1, 0.15) is 22.3 Å². The molecule has 2 aromatic carbocycles. The summed E-state index contributed by atoms with van der Waals surface area (Å²) in [5.41, 5.74) is 13.7. The van der Waals surface area contributed by atoms with Gasteiger partial charge in [0.1, 0.15) is 0 Å². The second-order valence-electron chi connectivity index (χ2n) is 5.46. The number of nitrogens with zero attached hydrogens (tertiary/aromatic N) is 1. The first-order valence-electron chi connectivity index (χ1n) is 6.83. The maximum atomic E-state index is 6.14. The van der Waals surface area contributed by atoms with E-state index in [2.05, 4.69) is 49.1 Å². The minimum absolute atomic E-state index is 0.903. The molecule has 0 radical (unpaired) electrons. The maximum absolute atomic E-state index is 6.14. The molecule has 0 atom stereocenters. The number of rotatable bonds is 2. The van der Waals surface area contributed by atoms with Gasteiger partial charge in [0.2, 0.25) is 0 Å². The third-order valence-electron chi connectivity index (χ3n) is 3.98. The van der Waals surface area contributed by atoms with E-state index in [1.807, 2.05) is 6.07 Å². The van der Waals surface area contributed by atoms with Crippen LogP contribution in [0.5, 0.6) is 0 Å². The summed E-state index contributed by atoms with van der Waals surface area (Å²) in [5.74, 6) is 0. The topological polar surface area (TPSA) is 29.3 Å². The predicted molar refractivity (Wildman–Crippen MR) is 81.5 cm³/mol. The zero-order valence-electron chi connectivity index (χ0n) is 11.6. The van der Waals surface area contributed by atoms with E-state index >= 15 is 0 Å². The lowest BCUT2D eigenvalue weighted by Gasteiger charge is -2.22. The normalized spacial score (nSPS) is 13.7. The molecule has 0 saturated carbocycles. The SMILES string of the molecule is Cc1ccc(CN2CCc3cccc(N)c32)c(C)c1. The van der Waals surface area contributed by atoms with Gasteiger partial charge in [-0.3, -0.25) is 0 Å². The van der Waals surface area contributed by atoms with Crippen LogP contribution < -0.4 is 10.6 Å². The molecule has 2 nitrogen and oxygen atoms in total. The zero-order valence-corrected chi connectivity index (χ0v) is 11.6. The van der Waals surface area contributed by atoms with Gasteiger partial charge in [0, 0.05) is 13.1 Å². The van der Waals surface area contributed by atoms with E-state index in [9.17, 15) is 0 Å². The Morgan fingerprint density at radius 3 is 2.79 bits per heavy atom. The maximum Gasteiger partial charge on any atom is 0.0636 e. The van der Waals surface area contributed by atoms with Crippen molar-refractivity contribution in [3.05, 3.63) is 58.7 Å². The molecule has 0 unspecified atom stereocenters. The van der Waals surface area contributed by atoms with Crippen molar-refractivity contribution in [1.82, 2.24) is 0 Å². The Balaban J connectivity index is 1.91. The first kappa shape index (κ1) is 12.1. The number of nitrogen functional groups attached to an aromatic ring is 1. The van der Waals surface area contributed by atoms with Crippen LogP contribution in [-0.4, -0.2) is 6.54 Å². The van der Waals surface area contributed by atoms with E-state index in [1.165, 1.54) is 27.9 Å². The molecule has 0 aliphatic carbocycles. The highest BCUT2D eigenvalue weighted by Gasteiger charge is 2.21. The number of hydrogen-bond donors (Lipinski definition) is 1. The van der Waals surface area contributed by atoms with E-state index in [4.69, 9.17) is 5.73 Å². The smallest absolute Gasteiger partial charge is 0.0636 e. The third kappa shape index (κ3) is 2.19. The van der Waals surface area contributed by atoms with Crippen LogP contribution in [0.15, 0.2) is 36.4 Å². The van der Waals surface area contributed by atoms with Gasteiger partial charge >= 0.3 is 0 Å². The lowest BCUT2D eigenvalue weighted by atomic mass is 10.1. The fraction of sp³-hybridized carbons (Fsp3) is 0.294. The van der Waals surface area contributed by atoms with Crippen LogP contribution >= 0.6 is 0 Å². The number of anilines is 2. The summed E-state index contributed by atoms with van der Waals surface area (Å²) >= 11 is 0. The summed E-state index contributed by atoms with van der Waals surface area (Å²) in [4.78, 5) is 2.41. The molecule has 1 aliphatic heterocycles. The third-order valence-corrected chi connectivity index (χ3v) is 3.98. The largest absolute Gasteiger partial charge is 0.397 e. The molecule has 2 heteroatoms. The van der Waals surface area contributed by atoms with Gasteiger partial charge in [-0.2, -0.15) is 0 Å². The van der Waals surface area contributed by atoms with Crippen molar-refractivity contribution in [2.24, 2.45) is 0 Å². The van der Waals surface area contributed by atoms with Crippen LogP contribution in [0.25, 0.3) is 0 Å². The average molecular weight is 252 g/mol. The van der Waals surface area contributed by atoms with Gasteiger partial charge in [-0.05, 0) is 43.0 Å². The number of para-hydroxylation sites is 1. The van der Waals surface area contributed by atoms with E-state index in [0.29, 0.717) is 0 Å². The summed E-state index contributed by atoms with van der Waals surface area (Å²) in [5, 5.41) is 0. The second-order valence-corrected chi connectivity index (χ2v) is 5.46. The van der Waals surface area contributed by atoms with Gasteiger partial charge < -0.3 is 10.6 Å². The molecular formula is C17H20N2. The Bertz CT molecular complexity index is 617. The molecule has 0 fully saturated rings. The Kier molecular flexibility index (Phi) is 2.94. The van der Waals surface area contributed by atoms with Crippen molar-refractivity contribution < 1.29 is 0 Å². The molecule has 0 spiro atoms. The molecule has 19 heavy (non-hydrogen) atoms. The van der Waals surface area contributed by atoms with Gasteiger partial charge in [0.15, 0.2) is 0 Å². The molecular weight excluding hydrogens is 232 g/mol. The lowest BCUT2D eigenvalue weighted by molar-refractivity contribution is 0.832. The molecule has 0 saturated heterocycles. The molecule has 2 aromatic rings. The highest BCUT2D eigenvalue weighted by Crippen LogP contribution is 2.34. The fourth-order valence-corrected chi connectivity index (χ4v) is 2.95. The van der Waals surface area contributed by atoms with Crippen LogP contribution in [0.3, 0.4) is 0 Å². The predicted octanol–water partition coefficient (Wildman–Crippen LogP) is 3.45. The summed E-state index contributed by atoms with van der Waals surface area (Å²) in [7, 11) is 0. The van der Waals surface area contributed by atoms with Crippen molar-refractivity contribution in [3.63, 3.8) is 0 Å². The van der Waals surface area contributed by atoms with Gasteiger partial charge in [-0.25, -0.2) is 0 Å². The first-order chi connectivity index (χ1) is 9.15. The van der Waals surface area contributed by atoms with Crippen molar-refractivity contribution in [2.45, 2.75) is 26.8 Å². The lowest BCUT2D eigenvalue weighted by Crippen LogP contribution is -2.21. The van der Waals surface area contributed by atoms with Crippen molar-refractivity contribution in [2.75, 3.05) is 17.2 Å². The molecule has 2 N–H and O–H groups in total.